The first-order chi connectivity index (χ1) is 10.9. The molecule has 2 aromatic heterocycles. The molecular weight excluding hydrogens is 334 g/mol. The molecule has 3 heterocycles. The zero-order valence-electron chi connectivity index (χ0n) is 13.5. The summed E-state index contributed by atoms with van der Waals surface area (Å²) in [7, 11) is -1.81. The minimum atomic E-state index is -3.56. The van der Waals surface area contributed by atoms with Crippen molar-refractivity contribution in [2.75, 3.05) is 18.0 Å². The van der Waals surface area contributed by atoms with Crippen LogP contribution in [0.3, 0.4) is 0 Å². The fourth-order valence-electron chi connectivity index (χ4n) is 3.08. The highest BCUT2D eigenvalue weighted by molar-refractivity contribution is 7.89. The van der Waals surface area contributed by atoms with E-state index in [0.717, 1.165) is 24.5 Å². The molecule has 126 valence electrons. The molecule has 0 radical (unpaired) electrons. The Hall–Kier alpha value is -1.45. The molecule has 0 aliphatic carbocycles. The summed E-state index contributed by atoms with van der Waals surface area (Å²) >= 11 is 1.59. The lowest BCUT2D eigenvalue weighted by Gasteiger charge is -2.24. The number of thiazole rings is 1. The number of hydrogen-bond acceptors (Lipinski definition) is 6. The van der Waals surface area contributed by atoms with Gasteiger partial charge in [0.15, 0.2) is 5.13 Å². The third-order valence-electron chi connectivity index (χ3n) is 4.26. The van der Waals surface area contributed by atoms with Crippen LogP contribution in [0.1, 0.15) is 24.2 Å². The summed E-state index contributed by atoms with van der Waals surface area (Å²) in [5.41, 5.74) is 1.18. The average molecular weight is 355 g/mol. The van der Waals surface area contributed by atoms with Gasteiger partial charge in [-0.1, -0.05) is 0 Å². The second-order valence-electron chi connectivity index (χ2n) is 5.78. The van der Waals surface area contributed by atoms with E-state index in [1.54, 1.807) is 43.1 Å². The van der Waals surface area contributed by atoms with Crippen molar-refractivity contribution >= 4 is 26.5 Å². The van der Waals surface area contributed by atoms with Crippen molar-refractivity contribution in [3.05, 3.63) is 23.0 Å². The van der Waals surface area contributed by atoms with Gasteiger partial charge < -0.3 is 4.90 Å². The Morgan fingerprint density at radius 3 is 2.83 bits per heavy atom. The Kier molecular flexibility index (Phi) is 4.43. The zero-order chi connectivity index (χ0) is 16.6. The van der Waals surface area contributed by atoms with E-state index in [2.05, 4.69) is 19.7 Å². The molecule has 0 bridgehead atoms. The molecule has 0 amide bonds. The molecule has 0 aromatic carbocycles. The fourth-order valence-corrected chi connectivity index (χ4v) is 5.33. The van der Waals surface area contributed by atoms with Crippen LogP contribution in [-0.2, 0) is 17.1 Å². The van der Waals surface area contributed by atoms with E-state index in [9.17, 15) is 8.42 Å². The number of rotatable bonds is 5. The van der Waals surface area contributed by atoms with E-state index in [4.69, 9.17) is 0 Å². The number of sulfonamides is 1. The van der Waals surface area contributed by atoms with Crippen LogP contribution in [0.4, 0.5) is 5.13 Å². The summed E-state index contributed by atoms with van der Waals surface area (Å²) in [6.45, 7) is 4.80. The summed E-state index contributed by atoms with van der Waals surface area (Å²) < 4.78 is 29.6. The normalized spacial score (nSPS) is 18.7. The first-order valence-corrected chi connectivity index (χ1v) is 9.92. The Labute approximate surface area is 140 Å². The lowest BCUT2D eigenvalue weighted by molar-refractivity contribution is 0.565. The van der Waals surface area contributed by atoms with Gasteiger partial charge in [-0.05, 0) is 26.7 Å². The molecule has 1 atom stereocenters. The molecule has 7 nitrogen and oxygen atoms in total. The Morgan fingerprint density at radius 2 is 2.22 bits per heavy atom. The first kappa shape index (κ1) is 16.4. The highest BCUT2D eigenvalue weighted by Gasteiger charge is 2.29. The Bertz CT molecular complexity index is 782. The van der Waals surface area contributed by atoms with Gasteiger partial charge in [-0.15, -0.1) is 11.3 Å². The van der Waals surface area contributed by atoms with E-state index in [0.29, 0.717) is 22.8 Å². The summed E-state index contributed by atoms with van der Waals surface area (Å²) in [6, 6.07) is 0.146. The van der Waals surface area contributed by atoms with Gasteiger partial charge in [-0.3, -0.25) is 4.68 Å². The van der Waals surface area contributed by atoms with Gasteiger partial charge in [0.25, 0.3) is 0 Å². The summed E-state index contributed by atoms with van der Waals surface area (Å²) in [5.74, 6) is 0. The van der Waals surface area contributed by atoms with Crippen LogP contribution in [-0.4, -0.2) is 42.3 Å². The quantitative estimate of drug-likeness (QED) is 0.878. The van der Waals surface area contributed by atoms with E-state index < -0.39 is 10.0 Å². The monoisotopic (exact) mass is 355 g/mol. The molecule has 1 N–H and O–H groups in total. The van der Waals surface area contributed by atoms with Crippen molar-refractivity contribution in [2.45, 2.75) is 37.6 Å². The van der Waals surface area contributed by atoms with Crippen molar-refractivity contribution in [3.8, 4) is 0 Å². The maximum absolute atomic E-state index is 12.6. The predicted octanol–water partition coefficient (Wildman–Crippen LogP) is 1.44. The number of aromatic nitrogens is 3. The smallest absolute Gasteiger partial charge is 0.244 e. The lowest BCUT2D eigenvalue weighted by atomic mass is 10.2. The Balaban J connectivity index is 1.74. The van der Waals surface area contributed by atoms with Gasteiger partial charge >= 0.3 is 0 Å². The van der Waals surface area contributed by atoms with Crippen molar-refractivity contribution in [1.29, 1.82) is 0 Å². The number of aryl methyl sites for hydroxylation is 2. The molecule has 9 heteroatoms. The summed E-state index contributed by atoms with van der Waals surface area (Å²) in [5, 5.41) is 7.09. The third kappa shape index (κ3) is 3.13. The molecule has 3 rings (SSSR count). The largest absolute Gasteiger partial charge is 0.344 e. The topological polar surface area (TPSA) is 80.1 Å². The molecular formula is C14H21N5O2S2. The van der Waals surface area contributed by atoms with Crippen LogP contribution in [0.2, 0.25) is 0 Å². The van der Waals surface area contributed by atoms with E-state index in [1.165, 1.54) is 0 Å². The zero-order valence-corrected chi connectivity index (χ0v) is 15.1. The Morgan fingerprint density at radius 1 is 1.43 bits per heavy atom. The third-order valence-corrected chi connectivity index (χ3v) is 6.75. The van der Waals surface area contributed by atoms with Crippen LogP contribution < -0.4 is 9.62 Å². The van der Waals surface area contributed by atoms with Crippen LogP contribution in [0, 0.1) is 13.8 Å². The van der Waals surface area contributed by atoms with Gasteiger partial charge in [0.05, 0.1) is 11.4 Å². The number of nitrogens with one attached hydrogen (secondary N) is 1. The van der Waals surface area contributed by atoms with Gasteiger partial charge in [-0.2, -0.15) is 5.10 Å². The SMILES string of the molecule is Cc1nn(C)c(C)c1S(=O)(=O)NCC1CCCN1c1nccs1. The number of hydrogen-bond donors (Lipinski definition) is 1. The lowest BCUT2D eigenvalue weighted by Crippen LogP contribution is -2.40. The van der Waals surface area contributed by atoms with Gasteiger partial charge in [0, 0.05) is 37.8 Å². The van der Waals surface area contributed by atoms with Crippen molar-refractivity contribution in [1.82, 2.24) is 19.5 Å². The maximum Gasteiger partial charge on any atom is 0.244 e. The van der Waals surface area contributed by atoms with Crippen molar-refractivity contribution in [3.63, 3.8) is 0 Å². The molecule has 2 aromatic rings. The van der Waals surface area contributed by atoms with E-state index >= 15 is 0 Å². The van der Waals surface area contributed by atoms with Crippen LogP contribution in [0.15, 0.2) is 16.5 Å². The molecule has 1 aliphatic heterocycles. The predicted molar refractivity (Wildman–Crippen MR) is 90.4 cm³/mol. The van der Waals surface area contributed by atoms with Crippen LogP contribution >= 0.6 is 11.3 Å². The standard InChI is InChI=1S/C14H21N5O2S2/c1-10-13(11(2)18(3)17-10)23(20,21)16-9-12-5-4-7-19(12)14-15-6-8-22-14/h6,8,12,16H,4-5,7,9H2,1-3H3. The molecule has 23 heavy (non-hydrogen) atoms. The van der Waals surface area contributed by atoms with Gasteiger partial charge in [0.2, 0.25) is 10.0 Å². The minimum Gasteiger partial charge on any atom is -0.344 e. The minimum absolute atomic E-state index is 0.146. The van der Waals surface area contributed by atoms with Crippen LogP contribution in [0.5, 0.6) is 0 Å². The second kappa shape index (κ2) is 6.21. The second-order valence-corrected chi connectivity index (χ2v) is 8.36. The number of anilines is 1. The van der Waals surface area contributed by atoms with Gasteiger partial charge in [0.1, 0.15) is 4.90 Å². The van der Waals surface area contributed by atoms with Crippen LogP contribution in [0.25, 0.3) is 0 Å². The highest BCUT2D eigenvalue weighted by atomic mass is 32.2. The number of nitrogens with zero attached hydrogens (tertiary/aromatic N) is 4. The van der Waals surface area contributed by atoms with Crippen molar-refractivity contribution < 1.29 is 8.42 Å². The molecule has 0 spiro atoms. The average Bonchev–Trinajstić information content (AvgIpc) is 3.19. The fraction of sp³-hybridized carbons (Fsp3) is 0.571. The maximum atomic E-state index is 12.6. The van der Waals surface area contributed by atoms with E-state index in [-0.39, 0.29) is 6.04 Å². The first-order valence-electron chi connectivity index (χ1n) is 7.56. The van der Waals surface area contributed by atoms with Crippen molar-refractivity contribution in [2.24, 2.45) is 7.05 Å². The molecule has 0 saturated carbocycles. The summed E-state index contributed by atoms with van der Waals surface area (Å²) in [4.78, 5) is 6.82. The molecule has 1 saturated heterocycles. The highest BCUT2D eigenvalue weighted by Crippen LogP contribution is 2.27. The van der Waals surface area contributed by atoms with Gasteiger partial charge in [-0.25, -0.2) is 18.1 Å². The molecule has 1 aliphatic rings. The van der Waals surface area contributed by atoms with E-state index in [1.807, 2.05) is 5.38 Å². The molecule has 1 unspecified atom stereocenters. The summed E-state index contributed by atoms with van der Waals surface area (Å²) in [6.07, 6.45) is 3.80. The molecule has 1 fully saturated rings.